The topological polar surface area (TPSA) is 36.9 Å². The molecular weight excluding hydrogens is 554 g/mol. The van der Waals surface area contributed by atoms with Crippen LogP contribution in [0.5, 0.6) is 0 Å². The summed E-state index contributed by atoms with van der Waals surface area (Å²) in [5.74, 6) is -0.265. The quantitative estimate of drug-likeness (QED) is 0.176. The van der Waals surface area contributed by atoms with Crippen molar-refractivity contribution >= 4 is 20.4 Å². The van der Waals surface area contributed by atoms with Gasteiger partial charge < -0.3 is 18.3 Å². The van der Waals surface area contributed by atoms with Crippen LogP contribution in [0.25, 0.3) is 0 Å². The Labute approximate surface area is 247 Å². The van der Waals surface area contributed by atoms with Crippen LogP contribution in [0, 0.1) is 5.82 Å². The summed E-state index contributed by atoms with van der Waals surface area (Å²) in [6.07, 6.45) is 13.0. The van der Waals surface area contributed by atoms with Gasteiger partial charge in [0.15, 0.2) is 0 Å². The fourth-order valence-electron chi connectivity index (χ4n) is 4.41. The van der Waals surface area contributed by atoms with Crippen LogP contribution in [-0.4, -0.2) is 19.3 Å². The van der Waals surface area contributed by atoms with Crippen molar-refractivity contribution in [2.24, 2.45) is 0 Å². The Kier molecular flexibility index (Phi) is 11.6. The number of halogens is 1. The molecule has 1 atom stereocenters. The first-order valence-corrected chi connectivity index (χ1v) is 15.7. The van der Waals surface area contributed by atoms with Crippen molar-refractivity contribution in [2.75, 3.05) is 13.2 Å². The molecule has 212 valence electrons. The summed E-state index contributed by atoms with van der Waals surface area (Å²) in [6, 6.07) is 26.6. The zero-order valence-electron chi connectivity index (χ0n) is 22.9. The molecule has 0 saturated carbocycles. The number of fused-ring (bicyclic) bond motifs is 3. The number of hydrogen-bond donors (Lipinski definition) is 0. The molecule has 0 amide bonds. The molecule has 2 aliphatic rings. The highest BCUT2D eigenvalue weighted by Gasteiger charge is 2.20. The molecule has 41 heavy (non-hydrogen) atoms. The van der Waals surface area contributed by atoms with Crippen LogP contribution in [-0.2, 0) is 37.9 Å². The van der Waals surface area contributed by atoms with Crippen LogP contribution in [0.1, 0.15) is 29.5 Å². The molecule has 1 unspecified atom stereocenters. The van der Waals surface area contributed by atoms with Gasteiger partial charge in [0.25, 0.3) is 0 Å². The molecule has 1 aliphatic heterocycles. The van der Waals surface area contributed by atoms with Gasteiger partial charge in [-0.2, -0.15) is 0 Å². The molecule has 0 fully saturated rings. The standard InChI is InChI=1S/C34H34FO4PS/c35-31-16-9-15-30(20-31)21-32(36-26-34-22-27-10-7-8-17-33(41-34)19-18-27)25-39-40(37-23-28-11-3-1-4-12-28)38-24-29-13-5-2-6-14-29/h1-17,20,22,32H,18-19,21,23-26H2. The second-order valence-corrected chi connectivity index (χ2v) is 12.3. The Balaban J connectivity index is 1.26. The van der Waals surface area contributed by atoms with Crippen LogP contribution in [0.3, 0.4) is 0 Å². The maximum atomic E-state index is 14.0. The average Bonchev–Trinajstić information content (AvgIpc) is 3.12. The van der Waals surface area contributed by atoms with E-state index in [1.165, 1.54) is 16.5 Å². The van der Waals surface area contributed by atoms with E-state index in [1.54, 1.807) is 23.9 Å². The highest BCUT2D eigenvalue weighted by atomic mass is 32.2. The van der Waals surface area contributed by atoms with Gasteiger partial charge in [0.1, 0.15) is 5.82 Å². The molecule has 0 saturated heterocycles. The van der Waals surface area contributed by atoms with Crippen molar-refractivity contribution in [3.05, 3.63) is 153 Å². The summed E-state index contributed by atoms with van der Waals surface area (Å²) in [6.45, 7) is 1.43. The predicted octanol–water partition coefficient (Wildman–Crippen LogP) is 9.22. The first-order valence-electron chi connectivity index (χ1n) is 13.8. The minimum Gasteiger partial charge on any atom is -0.370 e. The highest BCUT2D eigenvalue weighted by molar-refractivity contribution is 8.06. The van der Waals surface area contributed by atoms with Crippen LogP contribution in [0.2, 0.25) is 0 Å². The van der Waals surface area contributed by atoms with Crippen LogP contribution in [0.15, 0.2) is 131 Å². The van der Waals surface area contributed by atoms with Gasteiger partial charge in [0.05, 0.1) is 32.5 Å². The second kappa shape index (κ2) is 16.0. The van der Waals surface area contributed by atoms with Gasteiger partial charge >= 0.3 is 8.60 Å². The molecule has 0 radical (unpaired) electrons. The van der Waals surface area contributed by atoms with Gasteiger partial charge in [-0.25, -0.2) is 4.39 Å². The van der Waals surface area contributed by atoms with Crippen molar-refractivity contribution < 1.29 is 22.7 Å². The summed E-state index contributed by atoms with van der Waals surface area (Å²) in [5.41, 5.74) is 4.22. The highest BCUT2D eigenvalue weighted by Crippen LogP contribution is 2.42. The van der Waals surface area contributed by atoms with Crippen molar-refractivity contribution in [1.29, 1.82) is 0 Å². The molecule has 3 aromatic carbocycles. The van der Waals surface area contributed by atoms with Gasteiger partial charge in [-0.15, -0.1) is 0 Å². The van der Waals surface area contributed by atoms with Gasteiger partial charge in [-0.05, 0) is 58.2 Å². The van der Waals surface area contributed by atoms with E-state index in [9.17, 15) is 4.39 Å². The Morgan fingerprint density at radius 2 is 1.41 bits per heavy atom. The van der Waals surface area contributed by atoms with E-state index in [0.29, 0.717) is 26.2 Å². The van der Waals surface area contributed by atoms with Crippen LogP contribution < -0.4 is 0 Å². The van der Waals surface area contributed by atoms with Crippen LogP contribution in [0.4, 0.5) is 4.39 Å². The van der Waals surface area contributed by atoms with Gasteiger partial charge in [-0.1, -0.05) is 109 Å². The number of rotatable bonds is 14. The van der Waals surface area contributed by atoms with E-state index < -0.39 is 8.60 Å². The Morgan fingerprint density at radius 3 is 2.12 bits per heavy atom. The molecule has 7 heteroatoms. The molecule has 1 aliphatic carbocycles. The maximum absolute atomic E-state index is 14.0. The van der Waals surface area contributed by atoms with Crippen molar-refractivity contribution in [1.82, 2.24) is 0 Å². The molecule has 0 N–H and O–H groups in total. The third-order valence-corrected chi connectivity index (χ3v) is 8.65. The monoisotopic (exact) mass is 588 g/mol. The zero-order valence-corrected chi connectivity index (χ0v) is 24.6. The summed E-state index contributed by atoms with van der Waals surface area (Å²) in [7, 11) is -1.66. The third-order valence-electron chi connectivity index (χ3n) is 6.51. The SMILES string of the molecule is Fc1cccc(CC(COP(OCc2ccccc2)OCc2ccccc2)OCC2=CC3=CC=CC=C(CC3)S2)c1. The summed E-state index contributed by atoms with van der Waals surface area (Å²) in [4.78, 5) is 2.47. The normalized spacial score (nSPS) is 15.5. The molecule has 4 nitrogen and oxygen atoms in total. The Hall–Kier alpha value is -2.83. The minimum atomic E-state index is -1.66. The van der Waals surface area contributed by atoms with E-state index in [2.05, 4.69) is 30.4 Å². The zero-order chi connectivity index (χ0) is 28.1. The third kappa shape index (κ3) is 10.2. The molecular formula is C34H34FO4PS. The first kappa shape index (κ1) is 29.7. The molecule has 0 aromatic heterocycles. The van der Waals surface area contributed by atoms with Gasteiger partial charge in [-0.3, -0.25) is 0 Å². The number of thioether (sulfide) groups is 1. The fraction of sp³-hybridized carbons (Fsp3) is 0.235. The van der Waals surface area contributed by atoms with E-state index in [-0.39, 0.29) is 18.5 Å². The van der Waals surface area contributed by atoms with Crippen molar-refractivity contribution in [3.63, 3.8) is 0 Å². The smallest absolute Gasteiger partial charge is 0.333 e. The van der Waals surface area contributed by atoms with Gasteiger partial charge in [0, 0.05) is 11.3 Å². The van der Waals surface area contributed by atoms with Crippen molar-refractivity contribution in [3.8, 4) is 0 Å². The molecule has 1 heterocycles. The van der Waals surface area contributed by atoms with Crippen molar-refractivity contribution in [2.45, 2.75) is 38.6 Å². The molecule has 0 spiro atoms. The lowest BCUT2D eigenvalue weighted by Gasteiger charge is -2.22. The molecule has 2 bridgehead atoms. The van der Waals surface area contributed by atoms with E-state index in [4.69, 9.17) is 18.3 Å². The lowest BCUT2D eigenvalue weighted by Crippen LogP contribution is -2.23. The average molecular weight is 589 g/mol. The lowest BCUT2D eigenvalue weighted by molar-refractivity contribution is 0.0248. The fourth-order valence-corrected chi connectivity index (χ4v) is 6.45. The summed E-state index contributed by atoms with van der Waals surface area (Å²) in [5, 5.41) is 0. The summed E-state index contributed by atoms with van der Waals surface area (Å²) >= 11 is 1.77. The predicted molar refractivity (Wildman–Crippen MR) is 165 cm³/mol. The van der Waals surface area contributed by atoms with Gasteiger partial charge in [0.2, 0.25) is 0 Å². The number of hydrogen-bond acceptors (Lipinski definition) is 5. The number of allylic oxidation sites excluding steroid dienone is 7. The summed E-state index contributed by atoms with van der Waals surface area (Å²) < 4.78 is 38.9. The Morgan fingerprint density at radius 1 is 0.732 bits per heavy atom. The van der Waals surface area contributed by atoms with E-state index >= 15 is 0 Å². The molecule has 3 aromatic rings. The largest absolute Gasteiger partial charge is 0.370 e. The maximum Gasteiger partial charge on any atom is 0.333 e. The minimum absolute atomic E-state index is 0.247. The second-order valence-electron chi connectivity index (χ2n) is 9.78. The Bertz CT molecular complexity index is 1330. The number of ether oxygens (including phenoxy) is 1. The van der Waals surface area contributed by atoms with E-state index in [1.807, 2.05) is 66.7 Å². The lowest BCUT2D eigenvalue weighted by atomic mass is 10.1. The molecule has 5 rings (SSSR count). The van der Waals surface area contributed by atoms with E-state index in [0.717, 1.165) is 34.4 Å². The number of benzene rings is 3. The van der Waals surface area contributed by atoms with Crippen LogP contribution >= 0.6 is 20.4 Å². The first-order chi connectivity index (χ1) is 20.2.